The van der Waals surface area contributed by atoms with Crippen LogP contribution in [0.4, 0.5) is 17.5 Å². The van der Waals surface area contributed by atoms with Crippen molar-refractivity contribution in [1.29, 1.82) is 0 Å². The van der Waals surface area contributed by atoms with Crippen LogP contribution in [-0.4, -0.2) is 22.0 Å². The van der Waals surface area contributed by atoms with Crippen molar-refractivity contribution in [2.24, 2.45) is 5.92 Å². The zero-order chi connectivity index (χ0) is 17.7. The third-order valence-corrected chi connectivity index (χ3v) is 3.52. The Labute approximate surface area is 140 Å². The van der Waals surface area contributed by atoms with E-state index in [-0.39, 0.29) is 23.5 Å². The SMILES string of the molecule is COc1ccccc1C(CC(C)C)Nc1ncc([N+](=O)[O-])c(N)n1. The van der Waals surface area contributed by atoms with Gasteiger partial charge in [0, 0.05) is 5.56 Å². The molecule has 1 unspecified atom stereocenters. The predicted octanol–water partition coefficient (Wildman–Crippen LogP) is 3.17. The number of hydrogen-bond acceptors (Lipinski definition) is 7. The van der Waals surface area contributed by atoms with Gasteiger partial charge in [-0.15, -0.1) is 0 Å². The molecule has 3 N–H and O–H groups in total. The van der Waals surface area contributed by atoms with Gasteiger partial charge in [0.2, 0.25) is 11.8 Å². The molecular formula is C16H21N5O3. The summed E-state index contributed by atoms with van der Waals surface area (Å²) in [4.78, 5) is 18.2. The van der Waals surface area contributed by atoms with Crippen LogP contribution in [0.2, 0.25) is 0 Å². The van der Waals surface area contributed by atoms with Crippen molar-refractivity contribution in [3.8, 4) is 5.75 Å². The summed E-state index contributed by atoms with van der Waals surface area (Å²) in [5.41, 5.74) is 6.30. The number of nitrogens with one attached hydrogen (secondary N) is 1. The van der Waals surface area contributed by atoms with Crippen LogP contribution in [0.3, 0.4) is 0 Å². The summed E-state index contributed by atoms with van der Waals surface area (Å²) in [6, 6.07) is 7.57. The number of methoxy groups -OCH3 is 1. The molecule has 1 aromatic carbocycles. The third kappa shape index (κ3) is 4.09. The Morgan fingerprint density at radius 3 is 2.67 bits per heavy atom. The number of ether oxygens (including phenoxy) is 1. The summed E-state index contributed by atoms with van der Waals surface area (Å²) in [5, 5.41) is 14.0. The van der Waals surface area contributed by atoms with Crippen molar-refractivity contribution < 1.29 is 9.66 Å². The van der Waals surface area contributed by atoms with E-state index in [1.54, 1.807) is 7.11 Å². The van der Waals surface area contributed by atoms with E-state index in [9.17, 15) is 10.1 Å². The van der Waals surface area contributed by atoms with Crippen LogP contribution < -0.4 is 15.8 Å². The molecule has 1 atom stereocenters. The highest BCUT2D eigenvalue weighted by molar-refractivity contribution is 5.53. The number of para-hydroxylation sites is 1. The molecule has 0 aliphatic rings. The number of nitrogen functional groups attached to an aromatic ring is 1. The van der Waals surface area contributed by atoms with E-state index in [2.05, 4.69) is 29.1 Å². The fraction of sp³-hybridized carbons (Fsp3) is 0.375. The molecular weight excluding hydrogens is 310 g/mol. The summed E-state index contributed by atoms with van der Waals surface area (Å²) in [6.45, 7) is 4.21. The van der Waals surface area contributed by atoms with Crippen LogP contribution >= 0.6 is 0 Å². The first kappa shape index (κ1) is 17.5. The predicted molar refractivity (Wildman–Crippen MR) is 91.9 cm³/mol. The molecule has 8 nitrogen and oxygen atoms in total. The van der Waals surface area contributed by atoms with Gasteiger partial charge in [0.15, 0.2) is 0 Å². The molecule has 0 aliphatic carbocycles. The third-order valence-electron chi connectivity index (χ3n) is 3.52. The molecule has 0 aliphatic heterocycles. The molecule has 0 spiro atoms. The smallest absolute Gasteiger partial charge is 0.329 e. The van der Waals surface area contributed by atoms with Gasteiger partial charge in [-0.3, -0.25) is 10.1 Å². The maximum absolute atomic E-state index is 10.8. The molecule has 0 amide bonds. The Bertz CT molecular complexity index is 721. The molecule has 1 aromatic heterocycles. The number of benzene rings is 1. The first-order chi connectivity index (χ1) is 11.4. The van der Waals surface area contributed by atoms with E-state index >= 15 is 0 Å². The van der Waals surface area contributed by atoms with Crippen LogP contribution in [0.1, 0.15) is 31.9 Å². The van der Waals surface area contributed by atoms with E-state index in [4.69, 9.17) is 10.5 Å². The fourth-order valence-electron chi connectivity index (χ4n) is 2.44. The number of nitrogens with two attached hydrogens (primary N) is 1. The molecule has 2 aromatic rings. The highest BCUT2D eigenvalue weighted by Gasteiger charge is 2.20. The molecule has 0 radical (unpaired) electrons. The fourth-order valence-corrected chi connectivity index (χ4v) is 2.44. The second-order valence-electron chi connectivity index (χ2n) is 5.79. The van der Waals surface area contributed by atoms with E-state index < -0.39 is 4.92 Å². The van der Waals surface area contributed by atoms with Gasteiger partial charge in [0.1, 0.15) is 11.9 Å². The van der Waals surface area contributed by atoms with E-state index in [0.29, 0.717) is 5.92 Å². The van der Waals surface area contributed by atoms with Gasteiger partial charge in [0.05, 0.1) is 18.1 Å². The molecule has 0 fully saturated rings. The number of nitro groups is 1. The second-order valence-corrected chi connectivity index (χ2v) is 5.79. The first-order valence-electron chi connectivity index (χ1n) is 7.58. The lowest BCUT2D eigenvalue weighted by Gasteiger charge is -2.23. The average Bonchev–Trinajstić information content (AvgIpc) is 2.53. The second kappa shape index (κ2) is 7.58. The zero-order valence-electron chi connectivity index (χ0n) is 13.9. The number of aromatic nitrogens is 2. The van der Waals surface area contributed by atoms with Gasteiger partial charge in [-0.1, -0.05) is 32.0 Å². The Morgan fingerprint density at radius 2 is 2.08 bits per heavy atom. The van der Waals surface area contributed by atoms with Crippen LogP contribution in [0.5, 0.6) is 5.75 Å². The van der Waals surface area contributed by atoms with Gasteiger partial charge in [0.25, 0.3) is 0 Å². The van der Waals surface area contributed by atoms with Crippen molar-refractivity contribution >= 4 is 17.5 Å². The minimum atomic E-state index is -0.606. The molecule has 0 saturated carbocycles. The maximum atomic E-state index is 10.8. The highest BCUT2D eigenvalue weighted by atomic mass is 16.6. The summed E-state index contributed by atoms with van der Waals surface area (Å²) in [5.74, 6) is 1.24. The van der Waals surface area contributed by atoms with Crippen molar-refractivity contribution in [3.63, 3.8) is 0 Å². The van der Waals surface area contributed by atoms with Gasteiger partial charge in [-0.05, 0) is 18.4 Å². The Hall–Kier alpha value is -2.90. The zero-order valence-corrected chi connectivity index (χ0v) is 13.9. The monoisotopic (exact) mass is 331 g/mol. The van der Waals surface area contributed by atoms with E-state index in [1.807, 2.05) is 24.3 Å². The maximum Gasteiger partial charge on any atom is 0.329 e. The summed E-state index contributed by atoms with van der Waals surface area (Å²) in [6.07, 6.45) is 1.92. The Kier molecular flexibility index (Phi) is 5.51. The van der Waals surface area contributed by atoms with Crippen molar-refractivity contribution in [2.75, 3.05) is 18.2 Å². The molecule has 128 valence electrons. The summed E-state index contributed by atoms with van der Waals surface area (Å²) >= 11 is 0. The van der Waals surface area contributed by atoms with Gasteiger partial charge >= 0.3 is 5.69 Å². The van der Waals surface area contributed by atoms with Gasteiger partial charge < -0.3 is 15.8 Å². The largest absolute Gasteiger partial charge is 0.496 e. The van der Waals surface area contributed by atoms with Crippen LogP contribution in [0.25, 0.3) is 0 Å². The Morgan fingerprint density at radius 1 is 1.38 bits per heavy atom. The van der Waals surface area contributed by atoms with Crippen LogP contribution in [0.15, 0.2) is 30.5 Å². The average molecular weight is 331 g/mol. The van der Waals surface area contributed by atoms with E-state index in [0.717, 1.165) is 23.9 Å². The standard InChI is InChI=1S/C16H21N5O3/c1-10(2)8-12(11-6-4-5-7-14(11)24-3)19-16-18-9-13(21(22)23)15(17)20-16/h4-7,9-10,12H,8H2,1-3H3,(H3,17,18,19,20). The summed E-state index contributed by atoms with van der Waals surface area (Å²) in [7, 11) is 1.62. The topological polar surface area (TPSA) is 116 Å². The lowest BCUT2D eigenvalue weighted by Crippen LogP contribution is -2.16. The number of nitrogens with zero attached hydrogens (tertiary/aromatic N) is 3. The van der Waals surface area contributed by atoms with Crippen LogP contribution in [-0.2, 0) is 0 Å². The molecule has 0 saturated heterocycles. The molecule has 8 heteroatoms. The lowest BCUT2D eigenvalue weighted by molar-refractivity contribution is -0.384. The molecule has 1 heterocycles. The minimum absolute atomic E-state index is 0.109. The molecule has 24 heavy (non-hydrogen) atoms. The van der Waals surface area contributed by atoms with Gasteiger partial charge in [-0.2, -0.15) is 4.98 Å². The van der Waals surface area contributed by atoms with Crippen molar-refractivity contribution in [2.45, 2.75) is 26.3 Å². The van der Waals surface area contributed by atoms with Crippen molar-refractivity contribution in [3.05, 3.63) is 46.1 Å². The number of rotatable bonds is 7. The highest BCUT2D eigenvalue weighted by Crippen LogP contribution is 2.32. The quantitative estimate of drug-likeness (QED) is 0.591. The number of anilines is 2. The normalized spacial score (nSPS) is 12.0. The molecule has 0 bridgehead atoms. The summed E-state index contributed by atoms with van der Waals surface area (Å²) < 4.78 is 5.43. The number of hydrogen-bond donors (Lipinski definition) is 2. The van der Waals surface area contributed by atoms with Gasteiger partial charge in [-0.25, -0.2) is 4.98 Å². The minimum Gasteiger partial charge on any atom is -0.496 e. The van der Waals surface area contributed by atoms with Crippen molar-refractivity contribution in [1.82, 2.24) is 9.97 Å². The first-order valence-corrected chi connectivity index (χ1v) is 7.58. The molecule has 2 rings (SSSR count). The van der Waals surface area contributed by atoms with Crippen LogP contribution in [0, 0.1) is 16.0 Å². The van der Waals surface area contributed by atoms with E-state index in [1.165, 1.54) is 0 Å². The Balaban J connectivity index is 2.33. The lowest BCUT2D eigenvalue weighted by atomic mass is 9.96.